The summed E-state index contributed by atoms with van der Waals surface area (Å²) in [5.41, 5.74) is 0.520. The van der Waals surface area contributed by atoms with E-state index in [2.05, 4.69) is 9.71 Å². The van der Waals surface area contributed by atoms with Crippen LogP contribution < -0.4 is 4.72 Å². The number of benzene rings is 1. The zero-order chi connectivity index (χ0) is 14.9. The van der Waals surface area contributed by atoms with E-state index in [9.17, 15) is 12.8 Å². The summed E-state index contributed by atoms with van der Waals surface area (Å²) >= 11 is 11.5. The third-order valence-corrected chi connectivity index (χ3v) is 4.72. The Balaban J connectivity index is 2.17. The first-order valence-electron chi connectivity index (χ1n) is 5.41. The van der Waals surface area contributed by atoms with Crippen molar-refractivity contribution >= 4 is 33.2 Å². The van der Waals surface area contributed by atoms with Crippen molar-refractivity contribution in [3.63, 3.8) is 0 Å². The SMILES string of the molecule is Cn1cnc(S(=O)(=O)NCc2ccc(F)c(Cl)c2)c1Cl. The van der Waals surface area contributed by atoms with E-state index in [0.29, 0.717) is 5.56 Å². The van der Waals surface area contributed by atoms with Gasteiger partial charge in [0, 0.05) is 13.6 Å². The lowest BCUT2D eigenvalue weighted by Crippen LogP contribution is -2.24. The van der Waals surface area contributed by atoms with Gasteiger partial charge in [-0.15, -0.1) is 0 Å². The molecule has 2 rings (SSSR count). The lowest BCUT2D eigenvalue weighted by Gasteiger charge is -2.06. The average molecular weight is 338 g/mol. The summed E-state index contributed by atoms with van der Waals surface area (Å²) in [5.74, 6) is -0.564. The van der Waals surface area contributed by atoms with Crippen molar-refractivity contribution < 1.29 is 12.8 Å². The van der Waals surface area contributed by atoms with Crippen LogP contribution in [0.1, 0.15) is 5.56 Å². The van der Waals surface area contributed by atoms with Gasteiger partial charge in [0.1, 0.15) is 11.0 Å². The highest BCUT2D eigenvalue weighted by atomic mass is 35.5. The first-order valence-corrected chi connectivity index (χ1v) is 7.65. The Bertz CT molecular complexity index is 746. The van der Waals surface area contributed by atoms with Crippen LogP contribution in [0.15, 0.2) is 29.6 Å². The molecule has 0 aliphatic heterocycles. The minimum absolute atomic E-state index is 0.00892. The highest BCUT2D eigenvalue weighted by molar-refractivity contribution is 7.89. The minimum atomic E-state index is -3.84. The van der Waals surface area contributed by atoms with Gasteiger partial charge in [-0.3, -0.25) is 0 Å². The first-order chi connectivity index (χ1) is 9.31. The topological polar surface area (TPSA) is 64.0 Å². The fourth-order valence-corrected chi connectivity index (χ4v) is 3.12. The molecule has 108 valence electrons. The molecule has 0 saturated carbocycles. The van der Waals surface area contributed by atoms with Gasteiger partial charge in [-0.1, -0.05) is 29.3 Å². The molecule has 0 aliphatic rings. The van der Waals surface area contributed by atoms with Crippen LogP contribution in [0.4, 0.5) is 4.39 Å². The molecule has 1 aromatic heterocycles. The van der Waals surface area contributed by atoms with E-state index in [1.54, 1.807) is 7.05 Å². The largest absolute Gasteiger partial charge is 0.324 e. The van der Waals surface area contributed by atoms with Gasteiger partial charge in [0.2, 0.25) is 5.03 Å². The van der Waals surface area contributed by atoms with E-state index in [0.717, 1.165) is 0 Å². The van der Waals surface area contributed by atoms with E-state index in [4.69, 9.17) is 23.2 Å². The summed E-state index contributed by atoms with van der Waals surface area (Å²) in [5, 5.41) is -0.318. The zero-order valence-electron chi connectivity index (χ0n) is 10.3. The van der Waals surface area contributed by atoms with Crippen LogP contribution in [0, 0.1) is 5.82 Å². The number of nitrogens with one attached hydrogen (secondary N) is 1. The second-order valence-corrected chi connectivity index (χ2v) is 6.47. The number of aryl methyl sites for hydroxylation is 1. The number of hydrogen-bond acceptors (Lipinski definition) is 3. The van der Waals surface area contributed by atoms with Crippen molar-refractivity contribution in [3.05, 3.63) is 46.1 Å². The molecule has 5 nitrogen and oxygen atoms in total. The van der Waals surface area contributed by atoms with E-state index < -0.39 is 15.8 Å². The van der Waals surface area contributed by atoms with Crippen LogP contribution in [0.3, 0.4) is 0 Å². The molecule has 0 unspecified atom stereocenters. The van der Waals surface area contributed by atoms with Crippen molar-refractivity contribution in [2.75, 3.05) is 0 Å². The van der Waals surface area contributed by atoms with Crippen LogP contribution in [0.25, 0.3) is 0 Å². The molecule has 0 fully saturated rings. The third-order valence-electron chi connectivity index (χ3n) is 2.54. The van der Waals surface area contributed by atoms with E-state index in [-0.39, 0.29) is 21.7 Å². The van der Waals surface area contributed by atoms with Gasteiger partial charge in [-0.2, -0.15) is 0 Å². The Kier molecular flexibility index (Phi) is 4.33. The molecule has 2 aromatic rings. The lowest BCUT2D eigenvalue weighted by molar-refractivity contribution is 0.578. The molecule has 0 bridgehead atoms. The van der Waals surface area contributed by atoms with Gasteiger partial charge in [-0.05, 0) is 17.7 Å². The van der Waals surface area contributed by atoms with E-state index in [1.807, 2.05) is 0 Å². The van der Waals surface area contributed by atoms with Crippen LogP contribution in [0.2, 0.25) is 10.2 Å². The van der Waals surface area contributed by atoms with Gasteiger partial charge in [0.25, 0.3) is 10.0 Å². The predicted molar refractivity (Wildman–Crippen MR) is 73.7 cm³/mol. The fourth-order valence-electron chi connectivity index (χ4n) is 1.47. The average Bonchev–Trinajstić information content (AvgIpc) is 2.72. The monoisotopic (exact) mass is 337 g/mol. The van der Waals surface area contributed by atoms with Gasteiger partial charge in [0.15, 0.2) is 0 Å². The Labute approximate surface area is 125 Å². The molecule has 9 heteroatoms. The van der Waals surface area contributed by atoms with Crippen LogP contribution in [-0.2, 0) is 23.6 Å². The zero-order valence-corrected chi connectivity index (χ0v) is 12.6. The maximum atomic E-state index is 13.0. The number of nitrogens with zero attached hydrogens (tertiary/aromatic N) is 2. The summed E-state index contributed by atoms with van der Waals surface area (Å²) in [4.78, 5) is 3.73. The minimum Gasteiger partial charge on any atom is -0.324 e. The molecule has 1 aromatic carbocycles. The van der Waals surface area contributed by atoms with E-state index in [1.165, 1.54) is 29.1 Å². The molecule has 0 atom stereocenters. The van der Waals surface area contributed by atoms with Gasteiger partial charge in [0.05, 0.1) is 11.3 Å². The first kappa shape index (κ1) is 15.2. The van der Waals surface area contributed by atoms with E-state index >= 15 is 0 Å². The standard InChI is InChI=1S/C11H10Cl2FN3O2S/c1-17-6-15-11(10(17)13)20(18,19)16-5-7-2-3-9(14)8(12)4-7/h2-4,6,16H,5H2,1H3. The van der Waals surface area contributed by atoms with Crippen molar-refractivity contribution in [2.45, 2.75) is 11.6 Å². The quantitative estimate of drug-likeness (QED) is 0.931. The Morgan fingerprint density at radius 1 is 1.40 bits per heavy atom. The van der Waals surface area contributed by atoms with Gasteiger partial charge >= 0.3 is 0 Å². The highest BCUT2D eigenvalue weighted by Crippen LogP contribution is 2.19. The second-order valence-electron chi connectivity index (χ2n) is 4.02. The molecule has 0 radical (unpaired) electrons. The molecule has 20 heavy (non-hydrogen) atoms. The van der Waals surface area contributed by atoms with Crippen LogP contribution in [0.5, 0.6) is 0 Å². The van der Waals surface area contributed by atoms with Gasteiger partial charge in [-0.25, -0.2) is 22.5 Å². The summed E-state index contributed by atoms with van der Waals surface area (Å²) in [6.45, 7) is -0.0464. The second kappa shape index (κ2) is 5.69. The van der Waals surface area contributed by atoms with Crippen molar-refractivity contribution in [2.24, 2.45) is 7.05 Å². The van der Waals surface area contributed by atoms with Gasteiger partial charge < -0.3 is 4.57 Å². The molecule has 1 N–H and O–H groups in total. The lowest BCUT2D eigenvalue weighted by atomic mass is 10.2. The molecule has 0 spiro atoms. The third kappa shape index (κ3) is 3.12. The summed E-state index contributed by atoms with van der Waals surface area (Å²) in [6.07, 6.45) is 1.30. The number of imidazole rings is 1. The van der Waals surface area contributed by atoms with Crippen molar-refractivity contribution in [3.8, 4) is 0 Å². The van der Waals surface area contributed by atoms with Crippen LogP contribution >= 0.6 is 23.2 Å². The Morgan fingerprint density at radius 3 is 2.65 bits per heavy atom. The molecular formula is C11H10Cl2FN3O2S. The maximum absolute atomic E-state index is 13.0. The Morgan fingerprint density at radius 2 is 2.10 bits per heavy atom. The normalized spacial score (nSPS) is 11.8. The smallest absolute Gasteiger partial charge is 0.261 e. The number of halogens is 3. The highest BCUT2D eigenvalue weighted by Gasteiger charge is 2.21. The summed E-state index contributed by atoms with van der Waals surface area (Å²) in [7, 11) is -2.26. The fraction of sp³-hybridized carbons (Fsp3) is 0.182. The number of rotatable bonds is 4. The molecule has 1 heterocycles. The molecule has 0 amide bonds. The molecular weight excluding hydrogens is 328 g/mol. The van der Waals surface area contributed by atoms with Crippen molar-refractivity contribution in [1.82, 2.24) is 14.3 Å². The van der Waals surface area contributed by atoms with Crippen molar-refractivity contribution in [1.29, 1.82) is 0 Å². The Hall–Kier alpha value is -1.15. The summed E-state index contributed by atoms with van der Waals surface area (Å²) in [6, 6.07) is 3.95. The maximum Gasteiger partial charge on any atom is 0.261 e. The molecule has 0 saturated heterocycles. The number of sulfonamides is 1. The van der Waals surface area contributed by atoms with Crippen LogP contribution in [-0.4, -0.2) is 18.0 Å². The number of hydrogen-bond donors (Lipinski definition) is 1. The summed E-state index contributed by atoms with van der Waals surface area (Å²) < 4.78 is 40.7. The number of aromatic nitrogens is 2. The molecule has 0 aliphatic carbocycles. The predicted octanol–water partition coefficient (Wildman–Crippen LogP) is 2.34.